The standard InChI is InChI=1S/C27H32N8O4S/c36-25-20(31-27(38)32-25)12-16-14-28-35-23(29-17-3-4-17)13-19(30-24(16)35)21-5-6-22(40-21)26(37)34-9-7-33(8-10-34)15-18-2-1-11-39-18/h6,12-14,17-18,21,36H,1-5,7-11,15H2,(H2,31,32,38). The molecule has 210 valence electrons. The highest BCUT2D eigenvalue weighted by Crippen LogP contribution is 2.43. The molecule has 3 fully saturated rings. The number of aromatic amines is 2. The van der Waals surface area contributed by atoms with E-state index in [-0.39, 0.29) is 28.8 Å². The lowest BCUT2D eigenvalue weighted by Gasteiger charge is -2.35. The largest absolute Gasteiger partial charge is 0.493 e. The van der Waals surface area contributed by atoms with E-state index in [9.17, 15) is 14.7 Å². The first kappa shape index (κ1) is 25.5. The molecule has 3 aromatic heterocycles. The second kappa shape index (κ2) is 10.5. The minimum Gasteiger partial charge on any atom is -0.493 e. The molecule has 1 saturated carbocycles. The number of aromatic nitrogens is 5. The number of amides is 1. The zero-order chi connectivity index (χ0) is 27.2. The summed E-state index contributed by atoms with van der Waals surface area (Å²) >= 11 is 1.56. The Bertz CT molecular complexity index is 1640. The highest BCUT2D eigenvalue weighted by Gasteiger charge is 2.31. The number of ether oxygens (including phenoxy) is 1. The van der Waals surface area contributed by atoms with Gasteiger partial charge in [0.15, 0.2) is 11.1 Å². The molecule has 12 nitrogen and oxygen atoms in total. The minimum atomic E-state index is -0.492. The zero-order valence-electron chi connectivity index (χ0n) is 22.1. The van der Waals surface area contributed by atoms with Crippen molar-refractivity contribution in [3.8, 4) is 5.88 Å². The van der Waals surface area contributed by atoms with Crippen LogP contribution in [0.5, 0.6) is 5.88 Å². The molecule has 4 aliphatic rings. The molecule has 0 bridgehead atoms. The molecular weight excluding hydrogens is 532 g/mol. The predicted molar refractivity (Wildman–Crippen MR) is 148 cm³/mol. The van der Waals surface area contributed by atoms with Crippen molar-refractivity contribution in [2.75, 3.05) is 39.3 Å². The summed E-state index contributed by atoms with van der Waals surface area (Å²) in [6.45, 7) is 5.03. The monoisotopic (exact) mass is 564 g/mol. The van der Waals surface area contributed by atoms with Gasteiger partial charge in [0.25, 0.3) is 5.91 Å². The summed E-state index contributed by atoms with van der Waals surface area (Å²) in [6, 6.07) is 2.26. The number of imidazole rings is 1. The molecule has 13 heteroatoms. The van der Waals surface area contributed by atoms with Crippen molar-refractivity contribution in [2.24, 2.45) is 4.99 Å². The van der Waals surface area contributed by atoms with Gasteiger partial charge in [-0.05, 0) is 38.2 Å². The first-order valence-corrected chi connectivity index (χ1v) is 14.8. The Morgan fingerprint density at radius 2 is 2.08 bits per heavy atom. The number of piperazine rings is 1. The normalized spacial score (nSPS) is 24.9. The molecule has 2 saturated heterocycles. The average molecular weight is 565 g/mol. The quantitative estimate of drug-likeness (QED) is 0.392. The fourth-order valence-electron chi connectivity index (χ4n) is 5.53. The zero-order valence-corrected chi connectivity index (χ0v) is 22.9. The van der Waals surface area contributed by atoms with Crippen molar-refractivity contribution in [1.29, 1.82) is 0 Å². The maximum Gasteiger partial charge on any atom is 0.326 e. The Labute approximate surface area is 233 Å². The van der Waals surface area contributed by atoms with Gasteiger partial charge in [-0.15, -0.1) is 11.8 Å². The Kier molecular flexibility index (Phi) is 6.72. The van der Waals surface area contributed by atoms with Crippen molar-refractivity contribution >= 4 is 29.4 Å². The van der Waals surface area contributed by atoms with Crippen LogP contribution in [0, 0.1) is 0 Å². The van der Waals surface area contributed by atoms with Crippen LogP contribution in [0.25, 0.3) is 11.7 Å². The number of nitrogens with zero attached hydrogens (tertiary/aromatic N) is 6. The summed E-state index contributed by atoms with van der Waals surface area (Å²) in [5.41, 5.74) is 1.90. The molecule has 0 radical (unpaired) electrons. The first-order valence-electron chi connectivity index (χ1n) is 14.0. The van der Waals surface area contributed by atoms with Gasteiger partial charge in [-0.2, -0.15) is 9.61 Å². The molecule has 3 aliphatic heterocycles. The van der Waals surface area contributed by atoms with E-state index in [1.807, 2.05) is 17.0 Å². The molecular formula is C27H32N8O4S. The second-order valence-electron chi connectivity index (χ2n) is 10.9. The van der Waals surface area contributed by atoms with E-state index in [0.717, 1.165) is 81.1 Å². The summed E-state index contributed by atoms with van der Waals surface area (Å²) in [7, 11) is 0. The van der Waals surface area contributed by atoms with Gasteiger partial charge in [0.1, 0.15) is 5.69 Å². The summed E-state index contributed by atoms with van der Waals surface area (Å²) in [5, 5.41) is 15.2. The van der Waals surface area contributed by atoms with Crippen LogP contribution in [0.3, 0.4) is 0 Å². The number of aromatic hydroxyl groups is 1. The van der Waals surface area contributed by atoms with E-state index in [1.165, 1.54) is 0 Å². The third-order valence-corrected chi connectivity index (χ3v) is 9.18. The van der Waals surface area contributed by atoms with Gasteiger partial charge >= 0.3 is 5.69 Å². The lowest BCUT2D eigenvalue weighted by Crippen LogP contribution is -2.50. The van der Waals surface area contributed by atoms with Gasteiger partial charge in [0.2, 0.25) is 5.88 Å². The van der Waals surface area contributed by atoms with E-state index in [0.29, 0.717) is 23.4 Å². The Morgan fingerprint density at radius 3 is 2.80 bits per heavy atom. The highest BCUT2D eigenvalue weighted by molar-refractivity contribution is 8.04. The Balaban J connectivity index is 1.10. The van der Waals surface area contributed by atoms with Gasteiger partial charge in [0, 0.05) is 50.6 Å². The van der Waals surface area contributed by atoms with Crippen molar-refractivity contribution in [3.05, 3.63) is 55.8 Å². The van der Waals surface area contributed by atoms with Gasteiger partial charge in [-0.3, -0.25) is 19.7 Å². The molecule has 6 heterocycles. The lowest BCUT2D eigenvalue weighted by molar-refractivity contribution is -0.128. The molecule has 40 heavy (non-hydrogen) atoms. The fraction of sp³-hybridized carbons (Fsp3) is 0.519. The minimum absolute atomic E-state index is 0.0128. The summed E-state index contributed by atoms with van der Waals surface area (Å²) in [6.07, 6.45) is 10.7. The number of H-pyrrole nitrogens is 2. The summed E-state index contributed by atoms with van der Waals surface area (Å²) < 4.78 is 7.48. The van der Waals surface area contributed by atoms with Crippen molar-refractivity contribution < 1.29 is 14.6 Å². The van der Waals surface area contributed by atoms with Crippen LogP contribution >= 0.6 is 11.8 Å². The molecule has 0 aromatic carbocycles. The molecule has 7 rings (SSSR count). The number of allylic oxidation sites excluding steroid dienone is 1. The van der Waals surface area contributed by atoms with Gasteiger partial charge in [-0.1, -0.05) is 6.08 Å². The number of carbonyl (C=O) groups is 1. The van der Waals surface area contributed by atoms with E-state index in [2.05, 4.69) is 20.0 Å². The van der Waals surface area contributed by atoms with E-state index in [4.69, 9.17) is 14.7 Å². The fourth-order valence-corrected chi connectivity index (χ4v) is 6.69. The van der Waals surface area contributed by atoms with Gasteiger partial charge in [0.05, 0.1) is 34.2 Å². The SMILES string of the molecule is O=C(C1=CCC(c2cc(=NC3CC3)n3ncc(=Cc4[nH]c(=O)[nH]c4O)c3n2)S1)N1CCN(CC2CCCO2)CC1. The van der Waals surface area contributed by atoms with Crippen LogP contribution in [0.2, 0.25) is 0 Å². The Hall–Kier alpha value is -3.42. The van der Waals surface area contributed by atoms with Crippen LogP contribution in [-0.2, 0) is 9.53 Å². The maximum absolute atomic E-state index is 13.4. The highest BCUT2D eigenvalue weighted by atomic mass is 32.2. The second-order valence-corrected chi connectivity index (χ2v) is 12.1. The van der Waals surface area contributed by atoms with Crippen molar-refractivity contribution in [3.63, 3.8) is 0 Å². The van der Waals surface area contributed by atoms with Gasteiger partial charge in [-0.25, -0.2) is 9.78 Å². The maximum atomic E-state index is 13.4. The molecule has 2 atom stereocenters. The summed E-state index contributed by atoms with van der Waals surface area (Å²) in [5.74, 6) is -0.145. The van der Waals surface area contributed by atoms with Crippen molar-refractivity contribution in [2.45, 2.75) is 49.5 Å². The van der Waals surface area contributed by atoms with E-state index in [1.54, 1.807) is 28.6 Å². The topological polar surface area (TPSA) is 144 Å². The predicted octanol–water partition coefficient (Wildman–Crippen LogP) is 0.447. The summed E-state index contributed by atoms with van der Waals surface area (Å²) in [4.78, 5) is 44.8. The van der Waals surface area contributed by atoms with E-state index >= 15 is 0 Å². The number of rotatable bonds is 6. The third-order valence-electron chi connectivity index (χ3n) is 7.87. The van der Waals surface area contributed by atoms with E-state index < -0.39 is 5.69 Å². The number of carbonyl (C=O) groups excluding carboxylic acids is 1. The first-order chi connectivity index (χ1) is 19.5. The smallest absolute Gasteiger partial charge is 0.326 e. The average Bonchev–Trinajstić information content (AvgIpc) is 3.34. The molecule has 1 amide bonds. The Morgan fingerprint density at radius 1 is 1.23 bits per heavy atom. The van der Waals surface area contributed by atoms with Crippen molar-refractivity contribution in [1.82, 2.24) is 34.4 Å². The van der Waals surface area contributed by atoms with Gasteiger partial charge < -0.3 is 19.7 Å². The van der Waals surface area contributed by atoms with Crippen LogP contribution in [0.15, 0.2) is 33.0 Å². The number of thioether (sulfide) groups is 1. The van der Waals surface area contributed by atoms with Crippen LogP contribution in [0.1, 0.15) is 48.7 Å². The van der Waals surface area contributed by atoms with Crippen LogP contribution in [-0.4, -0.2) is 96.9 Å². The molecule has 1 aliphatic carbocycles. The number of nitrogens with one attached hydrogen (secondary N) is 2. The molecule has 0 spiro atoms. The molecule has 2 unspecified atom stereocenters. The number of hydrogen-bond acceptors (Lipinski definition) is 9. The number of hydrogen-bond donors (Lipinski definition) is 3. The lowest BCUT2D eigenvalue weighted by atomic mass is 10.2. The van der Waals surface area contributed by atoms with Crippen LogP contribution < -0.4 is 16.4 Å². The third kappa shape index (κ3) is 5.20. The van der Waals surface area contributed by atoms with Crippen LogP contribution in [0.4, 0.5) is 0 Å². The number of fused-ring (bicyclic) bond motifs is 1. The molecule has 3 aromatic rings. The molecule has 3 N–H and O–H groups in total.